The number of nitrogens with zero attached hydrogens (tertiary/aromatic N) is 1. The van der Waals surface area contributed by atoms with Crippen LogP contribution in [0.2, 0.25) is 0 Å². The van der Waals surface area contributed by atoms with Gasteiger partial charge in [0.25, 0.3) is 5.91 Å². The third-order valence-corrected chi connectivity index (χ3v) is 5.95. The summed E-state index contributed by atoms with van der Waals surface area (Å²) in [6, 6.07) is 7.99. The molecule has 0 saturated carbocycles. The summed E-state index contributed by atoms with van der Waals surface area (Å²) in [7, 11) is 0. The van der Waals surface area contributed by atoms with Crippen LogP contribution in [0.5, 0.6) is 0 Å². The first-order valence-corrected chi connectivity index (χ1v) is 10.3. The predicted octanol–water partition coefficient (Wildman–Crippen LogP) is 2.03. The minimum atomic E-state index is -0.392. The van der Waals surface area contributed by atoms with Crippen molar-refractivity contribution in [3.63, 3.8) is 0 Å². The zero-order valence-electron chi connectivity index (χ0n) is 15.2. The van der Waals surface area contributed by atoms with Gasteiger partial charge in [-0.3, -0.25) is 10.1 Å². The van der Waals surface area contributed by atoms with Crippen LogP contribution >= 0.6 is 11.3 Å². The molecule has 6 nitrogen and oxygen atoms in total. The minimum absolute atomic E-state index is 0.220. The van der Waals surface area contributed by atoms with Gasteiger partial charge in [-0.2, -0.15) is 0 Å². The molecule has 0 radical (unpaired) electrons. The van der Waals surface area contributed by atoms with E-state index in [1.54, 1.807) is 11.3 Å². The van der Waals surface area contributed by atoms with Crippen LogP contribution in [0, 0.1) is 0 Å². The summed E-state index contributed by atoms with van der Waals surface area (Å²) in [6.07, 6.45) is 5.22. The topological polar surface area (TPSA) is 75.5 Å². The highest BCUT2D eigenvalue weighted by atomic mass is 32.1. The lowest BCUT2D eigenvalue weighted by Crippen LogP contribution is -3.14. The van der Waals surface area contributed by atoms with Crippen molar-refractivity contribution in [2.24, 2.45) is 0 Å². The van der Waals surface area contributed by atoms with E-state index in [1.165, 1.54) is 9.60 Å². The summed E-state index contributed by atoms with van der Waals surface area (Å²) < 4.78 is 1.19. The van der Waals surface area contributed by atoms with E-state index in [4.69, 9.17) is 4.98 Å². The van der Waals surface area contributed by atoms with Crippen molar-refractivity contribution >= 4 is 33.5 Å². The number of nitrogens with one attached hydrogen (secondary N) is 3. The van der Waals surface area contributed by atoms with Gasteiger partial charge in [0.15, 0.2) is 11.6 Å². The molecule has 1 aliphatic rings. The van der Waals surface area contributed by atoms with Crippen LogP contribution in [0.25, 0.3) is 10.2 Å². The van der Waals surface area contributed by atoms with Crippen molar-refractivity contribution in [3.8, 4) is 0 Å². The van der Waals surface area contributed by atoms with Crippen LogP contribution in [0.15, 0.2) is 24.3 Å². The molecule has 1 aromatic carbocycles. The van der Waals surface area contributed by atoms with E-state index in [0.717, 1.165) is 49.2 Å². The summed E-state index contributed by atoms with van der Waals surface area (Å²) in [6.45, 7) is 3.90. The minimum Gasteiger partial charge on any atom is -0.338 e. The summed E-state index contributed by atoms with van der Waals surface area (Å²) >= 11 is 1.72. The number of aromatic nitrogens is 1. The van der Waals surface area contributed by atoms with Crippen LogP contribution < -0.4 is 15.5 Å². The quantitative estimate of drug-likeness (QED) is 0.676. The largest absolute Gasteiger partial charge is 0.338 e. The Kier molecular flexibility index (Phi) is 6.57. The Bertz CT molecular complexity index is 728. The second-order valence-electron chi connectivity index (χ2n) is 6.81. The van der Waals surface area contributed by atoms with Gasteiger partial charge in [-0.05, 0) is 31.4 Å². The van der Waals surface area contributed by atoms with Gasteiger partial charge in [-0.1, -0.05) is 25.5 Å². The lowest BCUT2D eigenvalue weighted by atomic mass is 10.0. The third-order valence-electron chi connectivity index (χ3n) is 4.80. The van der Waals surface area contributed by atoms with E-state index in [-0.39, 0.29) is 11.9 Å². The normalized spacial score (nSPS) is 20.0. The fraction of sp³-hybridized carbons (Fsp3) is 0.526. The number of quaternary nitrogens is 1. The van der Waals surface area contributed by atoms with Gasteiger partial charge in [-0.25, -0.2) is 9.78 Å². The number of piperidine rings is 1. The van der Waals surface area contributed by atoms with Gasteiger partial charge in [-0.15, -0.1) is 11.3 Å². The first-order chi connectivity index (χ1) is 12.7. The van der Waals surface area contributed by atoms with E-state index in [1.807, 2.05) is 18.2 Å². The first kappa shape index (κ1) is 18.8. The van der Waals surface area contributed by atoms with E-state index in [0.29, 0.717) is 13.1 Å². The SMILES string of the molecule is CCCCNC(=O)NC(=O)C[NH+]1CCCC[C@H]1c1nc2ccccc2s1. The molecule has 1 saturated heterocycles. The van der Waals surface area contributed by atoms with Crippen LogP contribution in [0.4, 0.5) is 4.79 Å². The summed E-state index contributed by atoms with van der Waals surface area (Å²) in [5.74, 6) is -0.220. The van der Waals surface area contributed by atoms with Crippen LogP contribution in [-0.4, -0.2) is 36.6 Å². The van der Waals surface area contributed by atoms with Gasteiger partial charge in [0.1, 0.15) is 6.04 Å². The number of para-hydroxylation sites is 1. The Morgan fingerprint density at radius 2 is 2.15 bits per heavy atom. The fourth-order valence-corrected chi connectivity index (χ4v) is 4.59. The molecular weight excluding hydrogens is 348 g/mol. The van der Waals surface area contributed by atoms with E-state index < -0.39 is 6.03 Å². The molecule has 1 aliphatic heterocycles. The summed E-state index contributed by atoms with van der Waals surface area (Å²) in [5, 5.41) is 6.28. The van der Waals surface area contributed by atoms with Gasteiger partial charge < -0.3 is 10.2 Å². The zero-order valence-corrected chi connectivity index (χ0v) is 16.0. The van der Waals surface area contributed by atoms with E-state index in [9.17, 15) is 9.59 Å². The Hall–Kier alpha value is -1.99. The Balaban J connectivity index is 1.61. The van der Waals surface area contributed by atoms with Crippen molar-refractivity contribution in [3.05, 3.63) is 29.3 Å². The highest BCUT2D eigenvalue weighted by Crippen LogP contribution is 2.28. The Morgan fingerprint density at radius 3 is 2.96 bits per heavy atom. The number of imide groups is 1. The number of amides is 3. The van der Waals surface area contributed by atoms with Gasteiger partial charge >= 0.3 is 6.03 Å². The number of hydrogen-bond acceptors (Lipinski definition) is 4. The maximum atomic E-state index is 12.3. The van der Waals surface area contributed by atoms with Crippen LogP contribution in [-0.2, 0) is 4.79 Å². The lowest BCUT2D eigenvalue weighted by Gasteiger charge is -2.30. The smallest absolute Gasteiger partial charge is 0.321 e. The molecule has 1 fully saturated rings. The van der Waals surface area contributed by atoms with Crippen LogP contribution in [0.3, 0.4) is 0 Å². The molecule has 140 valence electrons. The summed E-state index contributed by atoms with van der Waals surface area (Å²) in [5.41, 5.74) is 1.03. The average molecular weight is 376 g/mol. The zero-order chi connectivity index (χ0) is 18.4. The molecule has 3 amide bonds. The molecule has 3 rings (SSSR count). The van der Waals surface area contributed by atoms with Crippen molar-refractivity contribution in [2.75, 3.05) is 19.6 Å². The maximum absolute atomic E-state index is 12.3. The number of thiazole rings is 1. The number of fused-ring (bicyclic) bond motifs is 1. The molecule has 26 heavy (non-hydrogen) atoms. The number of hydrogen-bond donors (Lipinski definition) is 3. The standard InChI is InChI=1S/C19H26N4O2S/c1-2-3-11-20-19(25)22-17(24)13-23-12-7-6-9-15(23)18-21-14-8-4-5-10-16(14)26-18/h4-5,8,10,15H,2-3,6-7,9,11-13H2,1H3,(H2,20,22,24,25)/p+1/t15-/m0/s1. The van der Waals surface area contributed by atoms with Crippen molar-refractivity contribution in [1.29, 1.82) is 0 Å². The molecule has 1 aromatic heterocycles. The summed E-state index contributed by atoms with van der Waals surface area (Å²) in [4.78, 5) is 30.1. The maximum Gasteiger partial charge on any atom is 0.321 e. The van der Waals surface area contributed by atoms with Crippen LogP contribution in [0.1, 0.15) is 50.1 Å². The molecular formula is C19H27N4O2S+. The number of unbranched alkanes of at least 4 members (excludes halogenated alkanes) is 1. The van der Waals surface area contributed by atoms with E-state index >= 15 is 0 Å². The monoisotopic (exact) mass is 375 g/mol. The van der Waals surface area contributed by atoms with Gasteiger partial charge in [0.05, 0.1) is 16.8 Å². The Morgan fingerprint density at radius 1 is 1.31 bits per heavy atom. The lowest BCUT2D eigenvalue weighted by molar-refractivity contribution is -0.929. The van der Waals surface area contributed by atoms with Crippen molar-refractivity contribution in [2.45, 2.75) is 45.1 Å². The van der Waals surface area contributed by atoms with Gasteiger partial charge in [0, 0.05) is 13.0 Å². The third kappa shape index (κ3) is 4.80. The molecule has 2 aromatic rings. The molecule has 0 bridgehead atoms. The van der Waals surface area contributed by atoms with Gasteiger partial charge in [0.2, 0.25) is 0 Å². The molecule has 3 N–H and O–H groups in total. The van der Waals surface area contributed by atoms with Crippen molar-refractivity contribution < 1.29 is 14.5 Å². The number of carbonyl (C=O) groups excluding carboxylic acids is 2. The highest BCUT2D eigenvalue weighted by Gasteiger charge is 2.32. The molecule has 0 aliphatic carbocycles. The second kappa shape index (κ2) is 9.09. The molecule has 2 heterocycles. The number of benzene rings is 1. The first-order valence-electron chi connectivity index (χ1n) is 9.45. The number of likely N-dealkylation sites (tertiary alicyclic amines) is 1. The predicted molar refractivity (Wildman–Crippen MR) is 103 cm³/mol. The molecule has 2 atom stereocenters. The highest BCUT2D eigenvalue weighted by molar-refractivity contribution is 7.18. The number of urea groups is 1. The second-order valence-corrected chi connectivity index (χ2v) is 7.87. The molecule has 1 unspecified atom stereocenters. The Labute approximate surface area is 158 Å². The number of carbonyl (C=O) groups is 2. The number of rotatable bonds is 6. The molecule has 0 spiro atoms. The van der Waals surface area contributed by atoms with E-state index in [2.05, 4.69) is 23.6 Å². The molecule has 7 heteroatoms. The fourth-order valence-electron chi connectivity index (χ4n) is 3.43. The average Bonchev–Trinajstić information content (AvgIpc) is 3.06. The van der Waals surface area contributed by atoms with Crippen molar-refractivity contribution in [1.82, 2.24) is 15.6 Å².